The van der Waals surface area contributed by atoms with Crippen LogP contribution in [0.2, 0.25) is 0 Å². The number of benzene rings is 1. The average molecular weight is 324 g/mol. The van der Waals surface area contributed by atoms with Gasteiger partial charge in [-0.25, -0.2) is 9.78 Å². The molecule has 24 heavy (non-hydrogen) atoms. The number of aromatic nitrogens is 2. The minimum absolute atomic E-state index is 0.141. The van der Waals surface area contributed by atoms with Crippen LogP contribution in [-0.4, -0.2) is 27.1 Å². The van der Waals surface area contributed by atoms with Crippen LogP contribution in [0.4, 0.5) is 11.5 Å². The fourth-order valence-corrected chi connectivity index (χ4v) is 2.29. The lowest BCUT2D eigenvalue weighted by atomic mass is 10.3. The predicted octanol–water partition coefficient (Wildman–Crippen LogP) is 4.16. The summed E-state index contributed by atoms with van der Waals surface area (Å²) in [6.07, 6.45) is 1.73. The first kappa shape index (κ1) is 15.7. The van der Waals surface area contributed by atoms with E-state index in [1.807, 2.05) is 32.0 Å². The number of rotatable bonds is 5. The number of carboxylic acids is 1. The molecule has 7 nitrogen and oxygen atoms in total. The van der Waals surface area contributed by atoms with Crippen LogP contribution in [-0.2, 0) is 0 Å². The number of aromatic carboxylic acids is 1. The van der Waals surface area contributed by atoms with E-state index in [1.165, 1.54) is 0 Å². The molecule has 0 atom stereocenters. The molecule has 0 bridgehead atoms. The average Bonchev–Trinajstić information content (AvgIpc) is 2.92. The second kappa shape index (κ2) is 6.49. The van der Waals surface area contributed by atoms with Crippen LogP contribution in [0.5, 0.6) is 5.75 Å². The molecular formula is C17H16N4O3. The SMILES string of the molecule is CCOc1ccccc1N=Nc1c(C(=O)O)nc2cc(C)ccn12. The molecule has 0 saturated carbocycles. The molecule has 0 aliphatic carbocycles. The van der Waals surface area contributed by atoms with Gasteiger partial charge in [0.2, 0.25) is 0 Å². The summed E-state index contributed by atoms with van der Waals surface area (Å²) in [5.41, 5.74) is 1.88. The van der Waals surface area contributed by atoms with E-state index < -0.39 is 5.97 Å². The summed E-state index contributed by atoms with van der Waals surface area (Å²) in [5, 5.41) is 17.7. The molecule has 1 N–H and O–H groups in total. The van der Waals surface area contributed by atoms with Crippen molar-refractivity contribution >= 4 is 23.1 Å². The Bertz CT molecular complexity index is 931. The highest BCUT2D eigenvalue weighted by molar-refractivity contribution is 5.91. The number of aryl methyl sites for hydroxylation is 1. The number of nitrogens with zero attached hydrogens (tertiary/aromatic N) is 4. The van der Waals surface area contributed by atoms with Gasteiger partial charge in [-0.3, -0.25) is 4.40 Å². The maximum absolute atomic E-state index is 11.5. The number of fused-ring (bicyclic) bond motifs is 1. The Labute approximate surface area is 138 Å². The molecule has 0 aliphatic rings. The van der Waals surface area contributed by atoms with E-state index in [0.29, 0.717) is 23.7 Å². The minimum Gasteiger partial charge on any atom is -0.492 e. The zero-order chi connectivity index (χ0) is 17.1. The van der Waals surface area contributed by atoms with Crippen molar-refractivity contribution in [2.75, 3.05) is 6.61 Å². The summed E-state index contributed by atoms with van der Waals surface area (Å²) in [7, 11) is 0. The van der Waals surface area contributed by atoms with Crippen molar-refractivity contribution < 1.29 is 14.6 Å². The van der Waals surface area contributed by atoms with Gasteiger partial charge in [-0.2, -0.15) is 0 Å². The number of carbonyl (C=O) groups is 1. The Hall–Kier alpha value is -3.22. The number of hydrogen-bond donors (Lipinski definition) is 1. The quantitative estimate of drug-likeness (QED) is 0.714. The number of pyridine rings is 1. The van der Waals surface area contributed by atoms with Gasteiger partial charge in [0.05, 0.1) is 6.61 Å². The monoisotopic (exact) mass is 324 g/mol. The van der Waals surface area contributed by atoms with Crippen LogP contribution in [0.25, 0.3) is 5.65 Å². The summed E-state index contributed by atoms with van der Waals surface area (Å²) in [4.78, 5) is 15.6. The van der Waals surface area contributed by atoms with Gasteiger partial charge >= 0.3 is 5.97 Å². The maximum Gasteiger partial charge on any atom is 0.358 e. The highest BCUT2D eigenvalue weighted by Crippen LogP contribution is 2.30. The molecule has 2 aromatic heterocycles. The van der Waals surface area contributed by atoms with Crippen LogP contribution in [0.1, 0.15) is 23.0 Å². The van der Waals surface area contributed by atoms with Gasteiger partial charge in [-0.1, -0.05) is 12.1 Å². The molecule has 0 amide bonds. The molecular weight excluding hydrogens is 308 g/mol. The molecule has 0 fully saturated rings. The van der Waals surface area contributed by atoms with E-state index in [2.05, 4.69) is 15.2 Å². The van der Waals surface area contributed by atoms with Crippen molar-refractivity contribution in [3.63, 3.8) is 0 Å². The molecule has 0 radical (unpaired) electrons. The van der Waals surface area contributed by atoms with Gasteiger partial charge in [0.25, 0.3) is 0 Å². The number of ether oxygens (including phenoxy) is 1. The molecule has 2 heterocycles. The van der Waals surface area contributed by atoms with Gasteiger partial charge in [0, 0.05) is 6.20 Å². The summed E-state index contributed by atoms with van der Waals surface area (Å²) in [6.45, 7) is 4.29. The van der Waals surface area contributed by atoms with E-state index in [4.69, 9.17) is 4.74 Å². The first-order chi connectivity index (χ1) is 11.6. The minimum atomic E-state index is -1.15. The van der Waals surface area contributed by atoms with Gasteiger partial charge in [0.15, 0.2) is 11.5 Å². The predicted molar refractivity (Wildman–Crippen MR) is 88.7 cm³/mol. The van der Waals surface area contributed by atoms with Crippen LogP contribution in [0, 0.1) is 6.92 Å². The van der Waals surface area contributed by atoms with Crippen molar-refractivity contribution in [3.05, 3.63) is 53.9 Å². The molecule has 0 aliphatic heterocycles. The maximum atomic E-state index is 11.5. The van der Waals surface area contributed by atoms with Gasteiger partial charge in [-0.15, -0.1) is 10.2 Å². The first-order valence-corrected chi connectivity index (χ1v) is 7.45. The van der Waals surface area contributed by atoms with Gasteiger partial charge < -0.3 is 9.84 Å². The molecule has 0 saturated heterocycles. The Balaban J connectivity index is 2.09. The summed E-state index contributed by atoms with van der Waals surface area (Å²) in [5.74, 6) is -0.391. The fraction of sp³-hybridized carbons (Fsp3) is 0.176. The lowest BCUT2D eigenvalue weighted by molar-refractivity contribution is 0.0692. The third-order valence-electron chi connectivity index (χ3n) is 3.38. The topological polar surface area (TPSA) is 88.5 Å². The van der Waals surface area contributed by atoms with Crippen LogP contribution < -0.4 is 4.74 Å². The Kier molecular flexibility index (Phi) is 4.24. The third kappa shape index (κ3) is 2.96. The number of azo groups is 1. The van der Waals surface area contributed by atoms with Crippen molar-refractivity contribution in [1.82, 2.24) is 9.38 Å². The highest BCUT2D eigenvalue weighted by Gasteiger charge is 2.18. The van der Waals surface area contributed by atoms with E-state index in [9.17, 15) is 9.90 Å². The smallest absolute Gasteiger partial charge is 0.358 e. The fourth-order valence-electron chi connectivity index (χ4n) is 2.29. The Morgan fingerprint density at radius 1 is 1.29 bits per heavy atom. The molecule has 0 spiro atoms. The highest BCUT2D eigenvalue weighted by atomic mass is 16.5. The van der Waals surface area contributed by atoms with Crippen LogP contribution in [0.3, 0.4) is 0 Å². The van der Waals surface area contributed by atoms with Crippen LogP contribution >= 0.6 is 0 Å². The lowest BCUT2D eigenvalue weighted by Gasteiger charge is -2.04. The van der Waals surface area contributed by atoms with E-state index >= 15 is 0 Å². The Morgan fingerprint density at radius 3 is 2.83 bits per heavy atom. The lowest BCUT2D eigenvalue weighted by Crippen LogP contribution is -1.96. The number of para-hydroxylation sites is 1. The standard InChI is InChI=1S/C17H16N4O3/c1-3-24-13-7-5-4-6-12(13)19-20-16-15(17(22)23)18-14-10-11(2)8-9-21(14)16/h4-10H,3H2,1-2H3,(H,22,23). The van der Waals surface area contributed by atoms with Crippen molar-refractivity contribution in [3.8, 4) is 5.75 Å². The number of imidazole rings is 1. The zero-order valence-electron chi connectivity index (χ0n) is 13.3. The van der Waals surface area contributed by atoms with E-state index in [0.717, 1.165) is 5.56 Å². The molecule has 1 aromatic carbocycles. The summed E-state index contributed by atoms with van der Waals surface area (Å²) >= 11 is 0. The van der Waals surface area contributed by atoms with Crippen molar-refractivity contribution in [2.24, 2.45) is 10.2 Å². The third-order valence-corrected chi connectivity index (χ3v) is 3.38. The van der Waals surface area contributed by atoms with Gasteiger partial charge in [0.1, 0.15) is 17.1 Å². The number of carboxylic acid groups (broad SMARTS) is 1. The van der Waals surface area contributed by atoms with Gasteiger partial charge in [-0.05, 0) is 43.7 Å². The normalized spacial score (nSPS) is 11.2. The Morgan fingerprint density at radius 2 is 2.08 bits per heavy atom. The van der Waals surface area contributed by atoms with E-state index in [1.54, 1.807) is 28.8 Å². The van der Waals surface area contributed by atoms with Crippen molar-refractivity contribution in [1.29, 1.82) is 0 Å². The first-order valence-electron chi connectivity index (χ1n) is 7.45. The molecule has 3 aromatic rings. The molecule has 122 valence electrons. The summed E-state index contributed by atoms with van der Waals surface area (Å²) < 4.78 is 7.10. The van der Waals surface area contributed by atoms with Crippen molar-refractivity contribution in [2.45, 2.75) is 13.8 Å². The van der Waals surface area contributed by atoms with E-state index in [-0.39, 0.29) is 11.5 Å². The molecule has 0 unspecified atom stereocenters. The summed E-state index contributed by atoms with van der Waals surface area (Å²) in [6, 6.07) is 10.8. The second-order valence-corrected chi connectivity index (χ2v) is 5.12. The van der Waals surface area contributed by atoms with Crippen LogP contribution in [0.15, 0.2) is 52.8 Å². The molecule has 7 heteroatoms. The molecule has 3 rings (SSSR count). The number of hydrogen-bond acceptors (Lipinski definition) is 5. The largest absolute Gasteiger partial charge is 0.492 e. The second-order valence-electron chi connectivity index (χ2n) is 5.12. The zero-order valence-corrected chi connectivity index (χ0v) is 13.3.